The SMILES string of the molecule is CCCCNC(=NCC(=O)N(C)C)N(C)Cc1ccc(Cl)cc1. The fourth-order valence-corrected chi connectivity index (χ4v) is 2.04. The first-order valence-electron chi connectivity index (χ1n) is 7.88. The molecule has 0 aromatic heterocycles. The Hall–Kier alpha value is -1.75. The maximum atomic E-state index is 11.8. The minimum Gasteiger partial charge on any atom is -0.356 e. The Balaban J connectivity index is 2.73. The van der Waals surface area contributed by atoms with Gasteiger partial charge < -0.3 is 15.1 Å². The molecule has 1 aromatic rings. The number of carbonyl (C=O) groups excluding carboxylic acids is 1. The third-order valence-electron chi connectivity index (χ3n) is 3.37. The highest BCUT2D eigenvalue weighted by molar-refractivity contribution is 6.30. The summed E-state index contributed by atoms with van der Waals surface area (Å²) in [6, 6.07) is 7.74. The van der Waals surface area contributed by atoms with Gasteiger partial charge in [-0.15, -0.1) is 0 Å². The molecule has 0 saturated heterocycles. The summed E-state index contributed by atoms with van der Waals surface area (Å²) in [6.07, 6.45) is 2.17. The lowest BCUT2D eigenvalue weighted by Crippen LogP contribution is -2.40. The van der Waals surface area contributed by atoms with Crippen LogP contribution in [0.1, 0.15) is 25.3 Å². The molecule has 1 aromatic carbocycles. The number of benzene rings is 1. The number of unbranched alkanes of at least 4 members (excludes halogenated alkanes) is 1. The summed E-state index contributed by atoms with van der Waals surface area (Å²) in [5.41, 5.74) is 1.14. The second-order valence-corrected chi connectivity index (χ2v) is 6.13. The van der Waals surface area contributed by atoms with Crippen molar-refractivity contribution in [2.24, 2.45) is 4.99 Å². The van der Waals surface area contributed by atoms with E-state index in [1.54, 1.807) is 19.0 Å². The van der Waals surface area contributed by atoms with Gasteiger partial charge >= 0.3 is 0 Å². The molecule has 0 aliphatic heterocycles. The predicted octanol–water partition coefficient (Wildman–Crippen LogP) is 2.61. The molecule has 23 heavy (non-hydrogen) atoms. The number of guanidine groups is 1. The van der Waals surface area contributed by atoms with Gasteiger partial charge in [-0.3, -0.25) is 4.79 Å². The van der Waals surface area contributed by atoms with E-state index in [0.29, 0.717) is 6.54 Å². The molecule has 1 rings (SSSR count). The maximum Gasteiger partial charge on any atom is 0.243 e. The summed E-state index contributed by atoms with van der Waals surface area (Å²) in [7, 11) is 5.44. The van der Waals surface area contributed by atoms with E-state index in [4.69, 9.17) is 11.6 Å². The highest BCUT2D eigenvalue weighted by Crippen LogP contribution is 2.11. The molecule has 0 fully saturated rings. The number of hydrogen-bond donors (Lipinski definition) is 1. The van der Waals surface area contributed by atoms with E-state index < -0.39 is 0 Å². The zero-order valence-corrected chi connectivity index (χ0v) is 15.2. The topological polar surface area (TPSA) is 47.9 Å². The van der Waals surface area contributed by atoms with Crippen molar-refractivity contribution < 1.29 is 4.79 Å². The summed E-state index contributed by atoms with van der Waals surface area (Å²) in [5.74, 6) is 0.725. The zero-order chi connectivity index (χ0) is 17.2. The molecular weight excluding hydrogens is 312 g/mol. The summed E-state index contributed by atoms with van der Waals surface area (Å²) in [4.78, 5) is 19.8. The van der Waals surface area contributed by atoms with Gasteiger partial charge in [-0.1, -0.05) is 37.1 Å². The van der Waals surface area contributed by atoms with Crippen LogP contribution in [0.5, 0.6) is 0 Å². The smallest absolute Gasteiger partial charge is 0.243 e. The lowest BCUT2D eigenvalue weighted by Gasteiger charge is -2.23. The number of amides is 1. The quantitative estimate of drug-likeness (QED) is 0.472. The van der Waals surface area contributed by atoms with Gasteiger partial charge in [-0.2, -0.15) is 0 Å². The first-order valence-corrected chi connectivity index (χ1v) is 8.26. The molecule has 1 amide bonds. The third kappa shape index (κ3) is 7.37. The minimum absolute atomic E-state index is 0.0142. The van der Waals surface area contributed by atoms with Crippen LogP contribution in [0.2, 0.25) is 5.02 Å². The second kappa shape index (κ2) is 10.1. The van der Waals surface area contributed by atoms with Crippen molar-refractivity contribution in [3.63, 3.8) is 0 Å². The van der Waals surface area contributed by atoms with Crippen LogP contribution < -0.4 is 5.32 Å². The Bertz CT molecular complexity index is 514. The van der Waals surface area contributed by atoms with Gasteiger partial charge in [0.1, 0.15) is 6.54 Å². The number of carbonyl (C=O) groups is 1. The van der Waals surface area contributed by atoms with E-state index in [1.165, 1.54) is 0 Å². The Morgan fingerprint density at radius 3 is 2.43 bits per heavy atom. The third-order valence-corrected chi connectivity index (χ3v) is 3.62. The highest BCUT2D eigenvalue weighted by Gasteiger charge is 2.09. The van der Waals surface area contributed by atoms with Crippen LogP contribution >= 0.6 is 11.6 Å². The Morgan fingerprint density at radius 1 is 1.22 bits per heavy atom. The van der Waals surface area contributed by atoms with Crippen molar-refractivity contribution in [1.29, 1.82) is 0 Å². The largest absolute Gasteiger partial charge is 0.356 e. The Morgan fingerprint density at radius 2 is 1.87 bits per heavy atom. The number of nitrogens with zero attached hydrogens (tertiary/aromatic N) is 3. The maximum absolute atomic E-state index is 11.8. The van der Waals surface area contributed by atoms with Crippen molar-refractivity contribution in [2.45, 2.75) is 26.3 Å². The molecule has 5 nitrogen and oxygen atoms in total. The second-order valence-electron chi connectivity index (χ2n) is 5.69. The van der Waals surface area contributed by atoms with Crippen LogP contribution in [-0.2, 0) is 11.3 Å². The first kappa shape index (κ1) is 19.3. The van der Waals surface area contributed by atoms with Gasteiger partial charge in [0.15, 0.2) is 5.96 Å². The van der Waals surface area contributed by atoms with E-state index in [1.807, 2.05) is 36.2 Å². The number of nitrogens with one attached hydrogen (secondary N) is 1. The van der Waals surface area contributed by atoms with Crippen LogP contribution in [0, 0.1) is 0 Å². The summed E-state index contributed by atoms with van der Waals surface area (Å²) < 4.78 is 0. The van der Waals surface area contributed by atoms with Crippen LogP contribution in [-0.4, -0.2) is 55.9 Å². The standard InChI is InChI=1S/C17H27ClN4O/c1-5-6-11-19-17(20-12-16(23)21(2)3)22(4)13-14-7-9-15(18)10-8-14/h7-10H,5-6,11-13H2,1-4H3,(H,19,20). The van der Waals surface area contributed by atoms with Gasteiger partial charge in [0.05, 0.1) is 0 Å². The van der Waals surface area contributed by atoms with Crippen molar-refractivity contribution in [1.82, 2.24) is 15.1 Å². The van der Waals surface area contributed by atoms with Crippen molar-refractivity contribution in [3.05, 3.63) is 34.9 Å². The van der Waals surface area contributed by atoms with Crippen molar-refractivity contribution >= 4 is 23.5 Å². The molecule has 0 saturated carbocycles. The number of rotatable bonds is 7. The summed E-state index contributed by atoms with van der Waals surface area (Å²) in [6.45, 7) is 3.83. The average Bonchev–Trinajstić information content (AvgIpc) is 2.52. The lowest BCUT2D eigenvalue weighted by atomic mass is 10.2. The molecule has 0 heterocycles. The van der Waals surface area contributed by atoms with E-state index in [0.717, 1.165) is 35.9 Å². The summed E-state index contributed by atoms with van der Waals surface area (Å²) >= 11 is 5.92. The molecule has 0 radical (unpaired) electrons. The number of halogens is 1. The molecule has 0 aliphatic carbocycles. The van der Waals surface area contributed by atoms with Gasteiger partial charge in [0, 0.05) is 39.3 Å². The normalized spacial score (nSPS) is 11.3. The van der Waals surface area contributed by atoms with E-state index in [2.05, 4.69) is 17.2 Å². The molecule has 128 valence electrons. The van der Waals surface area contributed by atoms with E-state index >= 15 is 0 Å². The van der Waals surface area contributed by atoms with Gasteiger partial charge in [0.25, 0.3) is 0 Å². The molecule has 0 spiro atoms. The molecule has 0 bridgehead atoms. The van der Waals surface area contributed by atoms with Gasteiger partial charge in [0.2, 0.25) is 5.91 Å². The molecule has 0 atom stereocenters. The fraction of sp³-hybridized carbons (Fsp3) is 0.529. The monoisotopic (exact) mass is 338 g/mol. The molecule has 1 N–H and O–H groups in total. The van der Waals surface area contributed by atoms with Crippen molar-refractivity contribution in [3.8, 4) is 0 Å². The van der Waals surface area contributed by atoms with E-state index in [-0.39, 0.29) is 12.5 Å². The molecule has 0 unspecified atom stereocenters. The van der Waals surface area contributed by atoms with Crippen molar-refractivity contribution in [2.75, 3.05) is 34.2 Å². The van der Waals surface area contributed by atoms with E-state index in [9.17, 15) is 4.79 Å². The molecule has 6 heteroatoms. The lowest BCUT2D eigenvalue weighted by molar-refractivity contribution is -0.127. The predicted molar refractivity (Wildman–Crippen MR) is 96.8 cm³/mol. The number of aliphatic imine (C=N–C) groups is 1. The molecular formula is C17H27ClN4O. The zero-order valence-electron chi connectivity index (χ0n) is 14.5. The molecule has 0 aliphatic rings. The van der Waals surface area contributed by atoms with Crippen LogP contribution in [0.4, 0.5) is 0 Å². The minimum atomic E-state index is -0.0142. The number of hydrogen-bond acceptors (Lipinski definition) is 2. The Kier molecular flexibility index (Phi) is 8.48. The van der Waals surface area contributed by atoms with Gasteiger partial charge in [-0.05, 0) is 24.1 Å². The van der Waals surface area contributed by atoms with Crippen LogP contribution in [0.3, 0.4) is 0 Å². The first-order chi connectivity index (χ1) is 10.9. The van der Waals surface area contributed by atoms with Crippen LogP contribution in [0.25, 0.3) is 0 Å². The highest BCUT2D eigenvalue weighted by atomic mass is 35.5. The average molecular weight is 339 g/mol. The summed E-state index contributed by atoms with van der Waals surface area (Å²) in [5, 5.41) is 4.05. The Labute approximate surface area is 144 Å². The van der Waals surface area contributed by atoms with Gasteiger partial charge in [-0.25, -0.2) is 4.99 Å². The van der Waals surface area contributed by atoms with Crippen LogP contribution in [0.15, 0.2) is 29.3 Å². The number of likely N-dealkylation sites (N-methyl/N-ethyl adjacent to an activating group) is 1. The fourth-order valence-electron chi connectivity index (χ4n) is 1.91.